The van der Waals surface area contributed by atoms with Crippen LogP contribution < -0.4 is 25.6 Å². The van der Waals surface area contributed by atoms with Gasteiger partial charge in [-0.3, -0.25) is 4.79 Å². The number of benzene rings is 1. The van der Waals surface area contributed by atoms with Gasteiger partial charge in [-0.1, -0.05) is 11.6 Å². The van der Waals surface area contributed by atoms with Crippen LogP contribution in [0.25, 0.3) is 22.0 Å². The third-order valence-electron chi connectivity index (χ3n) is 4.36. The molecular weight excluding hydrogens is 402 g/mol. The standard InChI is InChI=1S/C19H18ClN3O6/c1-26-11-7-9(8-12(27-2)17(11)28-3)14-10-5-6-13(20)22-15(10)18(24)23(21)16(14)19(25)29-4/h5-8H,21H2,1-4H3. The Balaban J connectivity index is 2.53. The highest BCUT2D eigenvalue weighted by molar-refractivity contribution is 6.29. The van der Waals surface area contributed by atoms with Gasteiger partial charge in [0.25, 0.3) is 5.56 Å². The van der Waals surface area contributed by atoms with Crippen molar-refractivity contribution >= 4 is 28.5 Å². The Morgan fingerprint density at radius 3 is 2.21 bits per heavy atom. The third kappa shape index (κ3) is 3.29. The van der Waals surface area contributed by atoms with E-state index in [0.717, 1.165) is 0 Å². The molecule has 0 saturated heterocycles. The van der Waals surface area contributed by atoms with Gasteiger partial charge in [0.05, 0.1) is 28.4 Å². The molecule has 3 aromatic rings. The van der Waals surface area contributed by atoms with Gasteiger partial charge in [-0.25, -0.2) is 14.5 Å². The van der Waals surface area contributed by atoms with E-state index in [1.807, 2.05) is 0 Å². The largest absolute Gasteiger partial charge is 0.493 e. The molecule has 2 heterocycles. The summed E-state index contributed by atoms with van der Waals surface area (Å²) in [5, 5.41) is 0.465. The van der Waals surface area contributed by atoms with E-state index in [1.54, 1.807) is 18.2 Å². The first-order valence-electron chi connectivity index (χ1n) is 8.26. The molecule has 0 aliphatic carbocycles. The number of rotatable bonds is 5. The van der Waals surface area contributed by atoms with E-state index in [2.05, 4.69) is 4.98 Å². The van der Waals surface area contributed by atoms with E-state index in [-0.39, 0.29) is 16.4 Å². The quantitative estimate of drug-likeness (QED) is 0.380. The van der Waals surface area contributed by atoms with Gasteiger partial charge in [-0.2, -0.15) is 0 Å². The smallest absolute Gasteiger partial charge is 0.357 e. The fraction of sp³-hybridized carbons (Fsp3) is 0.211. The number of halogens is 1. The normalized spacial score (nSPS) is 10.7. The van der Waals surface area contributed by atoms with Crippen LogP contribution in [0.15, 0.2) is 29.1 Å². The van der Waals surface area contributed by atoms with Gasteiger partial charge >= 0.3 is 5.97 Å². The molecule has 0 aliphatic heterocycles. The van der Waals surface area contributed by atoms with E-state index in [0.29, 0.717) is 38.4 Å². The van der Waals surface area contributed by atoms with E-state index in [4.69, 9.17) is 36.4 Å². The highest BCUT2D eigenvalue weighted by atomic mass is 35.5. The van der Waals surface area contributed by atoms with Crippen molar-refractivity contribution < 1.29 is 23.7 Å². The van der Waals surface area contributed by atoms with E-state index in [9.17, 15) is 9.59 Å². The maximum atomic E-state index is 12.7. The van der Waals surface area contributed by atoms with E-state index >= 15 is 0 Å². The number of hydrogen-bond donors (Lipinski definition) is 1. The summed E-state index contributed by atoms with van der Waals surface area (Å²) in [6, 6.07) is 6.34. The van der Waals surface area contributed by atoms with Crippen LogP contribution in [0.4, 0.5) is 0 Å². The van der Waals surface area contributed by atoms with Crippen LogP contribution >= 0.6 is 11.6 Å². The maximum Gasteiger partial charge on any atom is 0.357 e. The lowest BCUT2D eigenvalue weighted by atomic mass is 9.98. The molecule has 9 nitrogen and oxygen atoms in total. The van der Waals surface area contributed by atoms with Gasteiger partial charge in [0.1, 0.15) is 10.7 Å². The summed E-state index contributed by atoms with van der Waals surface area (Å²) >= 11 is 5.96. The van der Waals surface area contributed by atoms with E-state index in [1.165, 1.54) is 34.5 Å². The monoisotopic (exact) mass is 419 g/mol. The zero-order valence-electron chi connectivity index (χ0n) is 16.1. The van der Waals surface area contributed by atoms with E-state index < -0.39 is 11.5 Å². The molecule has 0 radical (unpaired) electrons. The van der Waals surface area contributed by atoms with Crippen LogP contribution in [-0.2, 0) is 4.74 Å². The minimum atomic E-state index is -0.801. The van der Waals surface area contributed by atoms with Crippen molar-refractivity contribution in [3.8, 4) is 28.4 Å². The molecule has 29 heavy (non-hydrogen) atoms. The number of aromatic nitrogens is 2. The van der Waals surface area contributed by atoms with Crippen LogP contribution in [-0.4, -0.2) is 44.1 Å². The fourth-order valence-corrected chi connectivity index (χ4v) is 3.23. The molecule has 0 amide bonds. The highest BCUT2D eigenvalue weighted by Gasteiger charge is 2.26. The Morgan fingerprint density at radius 1 is 1.07 bits per heavy atom. The number of fused-ring (bicyclic) bond motifs is 1. The Kier molecular flexibility index (Phi) is 5.51. The molecule has 2 aromatic heterocycles. The second-order valence-corrected chi connectivity index (χ2v) is 6.22. The highest BCUT2D eigenvalue weighted by Crippen LogP contribution is 2.43. The number of pyridine rings is 2. The molecule has 2 N–H and O–H groups in total. The zero-order valence-corrected chi connectivity index (χ0v) is 16.9. The molecule has 0 unspecified atom stereocenters. The lowest BCUT2D eigenvalue weighted by molar-refractivity contribution is 0.0590. The number of methoxy groups -OCH3 is 4. The predicted octanol–water partition coefficient (Wildman–Crippen LogP) is 2.24. The first-order valence-corrected chi connectivity index (χ1v) is 8.64. The summed E-state index contributed by atoms with van der Waals surface area (Å²) in [6.45, 7) is 0. The summed E-state index contributed by atoms with van der Waals surface area (Å²) in [6.07, 6.45) is 0. The summed E-state index contributed by atoms with van der Waals surface area (Å²) < 4.78 is 21.7. The molecule has 0 bridgehead atoms. The molecule has 10 heteroatoms. The van der Waals surface area contributed by atoms with Crippen molar-refractivity contribution in [3.63, 3.8) is 0 Å². The Morgan fingerprint density at radius 2 is 1.69 bits per heavy atom. The van der Waals surface area contributed by atoms with Crippen molar-refractivity contribution in [1.29, 1.82) is 0 Å². The molecule has 0 saturated carbocycles. The summed E-state index contributed by atoms with van der Waals surface area (Å²) in [7, 11) is 5.59. The van der Waals surface area contributed by atoms with Crippen LogP contribution in [0, 0.1) is 0 Å². The number of nitrogens with two attached hydrogens (primary N) is 1. The number of carbonyl (C=O) groups is 1. The van der Waals surface area contributed by atoms with Crippen LogP contribution in [0.2, 0.25) is 5.15 Å². The number of carbonyl (C=O) groups excluding carboxylic acids is 1. The van der Waals surface area contributed by atoms with Crippen molar-refractivity contribution in [2.75, 3.05) is 34.3 Å². The minimum Gasteiger partial charge on any atom is -0.493 e. The number of hydrogen-bond acceptors (Lipinski definition) is 8. The van der Waals surface area contributed by atoms with Crippen LogP contribution in [0.1, 0.15) is 10.5 Å². The van der Waals surface area contributed by atoms with Crippen molar-refractivity contribution in [1.82, 2.24) is 9.66 Å². The van der Waals surface area contributed by atoms with Gasteiger partial charge < -0.3 is 24.8 Å². The van der Waals surface area contributed by atoms with Crippen molar-refractivity contribution in [2.24, 2.45) is 0 Å². The van der Waals surface area contributed by atoms with Crippen molar-refractivity contribution in [2.45, 2.75) is 0 Å². The molecule has 3 rings (SSSR count). The average Bonchev–Trinajstić information content (AvgIpc) is 2.74. The number of nitrogens with zero attached hydrogens (tertiary/aromatic N) is 2. The summed E-state index contributed by atoms with van der Waals surface area (Å²) in [4.78, 5) is 29.3. The molecule has 0 spiro atoms. The minimum absolute atomic E-state index is 0.00333. The summed E-state index contributed by atoms with van der Waals surface area (Å²) in [5.74, 6) is 6.21. The molecule has 1 aromatic carbocycles. The van der Waals surface area contributed by atoms with Gasteiger partial charge in [-0.05, 0) is 29.8 Å². The maximum absolute atomic E-state index is 12.7. The Hall–Kier alpha value is -3.46. The molecule has 0 atom stereocenters. The Bertz CT molecular complexity index is 1150. The lowest BCUT2D eigenvalue weighted by Gasteiger charge is -2.18. The van der Waals surface area contributed by atoms with Gasteiger partial charge in [0, 0.05) is 10.9 Å². The average molecular weight is 420 g/mol. The SMILES string of the molecule is COC(=O)c1c(-c2cc(OC)c(OC)c(OC)c2)c2ccc(Cl)nc2c(=O)n1N. The topological polar surface area (TPSA) is 115 Å². The number of ether oxygens (including phenoxy) is 4. The summed E-state index contributed by atoms with van der Waals surface area (Å²) in [5.41, 5.74) is -0.0931. The first kappa shape index (κ1) is 20.3. The number of esters is 1. The van der Waals surface area contributed by atoms with Gasteiger partial charge in [-0.15, -0.1) is 0 Å². The third-order valence-corrected chi connectivity index (χ3v) is 4.57. The second kappa shape index (κ2) is 7.88. The predicted molar refractivity (Wildman–Crippen MR) is 108 cm³/mol. The molecular formula is C19H18ClN3O6. The number of nitrogen functional groups attached to an aromatic ring is 1. The zero-order chi connectivity index (χ0) is 21.3. The Labute approximate surface area is 170 Å². The van der Waals surface area contributed by atoms with Crippen molar-refractivity contribution in [3.05, 3.63) is 45.5 Å². The van der Waals surface area contributed by atoms with Crippen LogP contribution in [0.3, 0.4) is 0 Å². The molecule has 152 valence electrons. The fourth-order valence-electron chi connectivity index (χ4n) is 3.08. The van der Waals surface area contributed by atoms with Crippen LogP contribution in [0.5, 0.6) is 17.2 Å². The van der Waals surface area contributed by atoms with Gasteiger partial charge in [0.2, 0.25) is 5.75 Å². The molecule has 0 aliphatic rings. The second-order valence-electron chi connectivity index (χ2n) is 5.83. The molecule has 0 fully saturated rings. The van der Waals surface area contributed by atoms with Gasteiger partial charge in [0.15, 0.2) is 17.2 Å². The lowest BCUT2D eigenvalue weighted by Crippen LogP contribution is -2.34. The first-order chi connectivity index (χ1) is 13.9.